The Labute approximate surface area is 153 Å². The average Bonchev–Trinajstić information content (AvgIpc) is 2.88. The maximum Gasteiger partial charge on any atom is 0.337 e. The second-order valence-electron chi connectivity index (χ2n) is 5.65. The maximum atomic E-state index is 12.4. The molecule has 0 bridgehead atoms. The minimum absolute atomic E-state index is 0.182. The van der Waals surface area contributed by atoms with Crippen LogP contribution in [0.15, 0.2) is 47.3 Å². The molecule has 0 unspecified atom stereocenters. The van der Waals surface area contributed by atoms with Gasteiger partial charge in [0.1, 0.15) is 6.54 Å². The van der Waals surface area contributed by atoms with Gasteiger partial charge in [-0.05, 0) is 30.3 Å². The number of hydrogen-bond acceptors (Lipinski definition) is 4. The zero-order valence-corrected chi connectivity index (χ0v) is 14.9. The van der Waals surface area contributed by atoms with E-state index >= 15 is 0 Å². The Hall–Kier alpha value is -3.06. The van der Waals surface area contributed by atoms with E-state index in [1.165, 1.54) is 34.4 Å². The van der Waals surface area contributed by atoms with Gasteiger partial charge in [0.15, 0.2) is 0 Å². The van der Waals surface area contributed by atoms with Crippen LogP contribution >= 0.6 is 11.6 Å². The molecule has 0 spiro atoms. The summed E-state index contributed by atoms with van der Waals surface area (Å²) in [6.07, 6.45) is 0. The summed E-state index contributed by atoms with van der Waals surface area (Å²) in [7, 11) is 2.91. The minimum Gasteiger partial charge on any atom is -0.465 e. The molecular formula is C18H16ClN3O4. The van der Waals surface area contributed by atoms with Crippen molar-refractivity contribution in [2.24, 2.45) is 7.05 Å². The highest BCUT2D eigenvalue weighted by atomic mass is 35.5. The summed E-state index contributed by atoms with van der Waals surface area (Å²) >= 11 is 6.08. The molecule has 0 atom stereocenters. The van der Waals surface area contributed by atoms with E-state index in [1.54, 1.807) is 19.2 Å². The van der Waals surface area contributed by atoms with Crippen molar-refractivity contribution in [3.63, 3.8) is 0 Å². The maximum absolute atomic E-state index is 12.4. The Balaban J connectivity index is 1.88. The minimum atomic E-state index is -0.539. The van der Waals surface area contributed by atoms with E-state index in [4.69, 9.17) is 11.6 Å². The zero-order chi connectivity index (χ0) is 18.8. The van der Waals surface area contributed by atoms with Crippen molar-refractivity contribution in [1.82, 2.24) is 9.13 Å². The number of amides is 1. The monoisotopic (exact) mass is 373 g/mol. The number of para-hydroxylation sites is 2. The molecule has 0 aliphatic rings. The van der Waals surface area contributed by atoms with Gasteiger partial charge in [-0.3, -0.25) is 13.9 Å². The number of ether oxygens (including phenoxy) is 1. The second-order valence-corrected chi connectivity index (χ2v) is 6.06. The number of carbonyl (C=O) groups is 2. The van der Waals surface area contributed by atoms with Crippen LogP contribution in [0.2, 0.25) is 5.02 Å². The van der Waals surface area contributed by atoms with Gasteiger partial charge in [-0.15, -0.1) is 0 Å². The second kappa shape index (κ2) is 7.05. The third kappa shape index (κ3) is 3.21. The standard InChI is InChI=1S/C18H16ClN3O4/c1-21-14-5-3-4-6-15(14)22(18(21)25)10-16(23)20-13-9-11(17(24)26-2)7-8-12(13)19/h3-9H,10H2,1-2H3,(H,20,23). The van der Waals surface area contributed by atoms with Crippen molar-refractivity contribution in [1.29, 1.82) is 0 Å². The number of benzene rings is 2. The summed E-state index contributed by atoms with van der Waals surface area (Å²) in [6.45, 7) is -0.182. The van der Waals surface area contributed by atoms with Crippen molar-refractivity contribution in [3.8, 4) is 0 Å². The molecule has 2 aromatic carbocycles. The first kappa shape index (κ1) is 17.8. The smallest absolute Gasteiger partial charge is 0.337 e. The topological polar surface area (TPSA) is 82.3 Å². The molecule has 3 aromatic rings. The summed E-state index contributed by atoms with van der Waals surface area (Å²) in [5.74, 6) is -0.977. The van der Waals surface area contributed by atoms with Gasteiger partial charge in [-0.25, -0.2) is 9.59 Å². The molecule has 1 N–H and O–H groups in total. The Morgan fingerprint density at radius 3 is 2.54 bits per heavy atom. The van der Waals surface area contributed by atoms with Gasteiger partial charge in [-0.2, -0.15) is 0 Å². The number of anilines is 1. The molecule has 0 saturated heterocycles. The quantitative estimate of drug-likeness (QED) is 0.712. The summed E-state index contributed by atoms with van der Waals surface area (Å²) < 4.78 is 7.51. The number of nitrogens with one attached hydrogen (secondary N) is 1. The van der Waals surface area contributed by atoms with E-state index in [9.17, 15) is 14.4 Å². The number of nitrogens with zero attached hydrogens (tertiary/aromatic N) is 2. The number of halogens is 1. The van der Waals surface area contributed by atoms with Gasteiger partial charge in [0.05, 0.1) is 34.4 Å². The lowest BCUT2D eigenvalue weighted by Crippen LogP contribution is -2.28. The van der Waals surface area contributed by atoms with Gasteiger partial charge in [0, 0.05) is 7.05 Å². The van der Waals surface area contributed by atoms with Crippen molar-refractivity contribution in [2.45, 2.75) is 6.54 Å². The van der Waals surface area contributed by atoms with E-state index in [0.29, 0.717) is 5.52 Å². The van der Waals surface area contributed by atoms with E-state index in [-0.39, 0.29) is 28.5 Å². The van der Waals surface area contributed by atoms with Crippen molar-refractivity contribution < 1.29 is 14.3 Å². The number of hydrogen-bond donors (Lipinski definition) is 1. The zero-order valence-electron chi connectivity index (χ0n) is 14.2. The predicted octanol–water partition coefficient (Wildman–Crippen LogP) is 2.42. The van der Waals surface area contributed by atoms with Crippen LogP contribution in [-0.2, 0) is 23.1 Å². The van der Waals surface area contributed by atoms with E-state index in [1.807, 2.05) is 12.1 Å². The Morgan fingerprint density at radius 1 is 1.15 bits per heavy atom. The lowest BCUT2D eigenvalue weighted by atomic mass is 10.2. The Kier molecular flexibility index (Phi) is 4.81. The summed E-state index contributed by atoms with van der Waals surface area (Å²) in [6, 6.07) is 11.6. The number of methoxy groups -OCH3 is 1. The van der Waals surface area contributed by atoms with Gasteiger partial charge in [-0.1, -0.05) is 23.7 Å². The van der Waals surface area contributed by atoms with Crippen LogP contribution < -0.4 is 11.0 Å². The molecule has 0 fully saturated rings. The van der Waals surface area contributed by atoms with Crippen LogP contribution in [0.1, 0.15) is 10.4 Å². The number of aromatic nitrogens is 2. The van der Waals surface area contributed by atoms with Gasteiger partial charge in [0.25, 0.3) is 0 Å². The van der Waals surface area contributed by atoms with Gasteiger partial charge >= 0.3 is 11.7 Å². The molecule has 0 saturated carbocycles. The van der Waals surface area contributed by atoms with Crippen molar-refractivity contribution >= 4 is 40.2 Å². The van der Waals surface area contributed by atoms with Crippen LogP contribution in [0.4, 0.5) is 5.69 Å². The lowest BCUT2D eigenvalue weighted by Gasteiger charge is -2.09. The largest absolute Gasteiger partial charge is 0.465 e. The molecular weight excluding hydrogens is 358 g/mol. The molecule has 1 heterocycles. The fourth-order valence-electron chi connectivity index (χ4n) is 2.72. The van der Waals surface area contributed by atoms with E-state index in [2.05, 4.69) is 10.1 Å². The summed E-state index contributed by atoms with van der Waals surface area (Å²) in [5, 5.41) is 2.91. The molecule has 3 rings (SSSR count). The SMILES string of the molecule is COC(=O)c1ccc(Cl)c(NC(=O)Cn2c(=O)n(C)c3ccccc32)c1. The molecule has 26 heavy (non-hydrogen) atoms. The molecule has 0 aliphatic carbocycles. The van der Waals surface area contributed by atoms with E-state index in [0.717, 1.165) is 5.52 Å². The highest BCUT2D eigenvalue weighted by Crippen LogP contribution is 2.23. The number of carbonyl (C=O) groups excluding carboxylic acids is 2. The highest BCUT2D eigenvalue weighted by molar-refractivity contribution is 6.33. The number of imidazole rings is 1. The normalized spacial score (nSPS) is 10.7. The first-order valence-electron chi connectivity index (χ1n) is 7.74. The fraction of sp³-hybridized carbons (Fsp3) is 0.167. The van der Waals surface area contributed by atoms with Crippen LogP contribution in [-0.4, -0.2) is 28.1 Å². The number of fused-ring (bicyclic) bond motifs is 1. The number of esters is 1. The third-order valence-electron chi connectivity index (χ3n) is 4.01. The van der Waals surface area contributed by atoms with Gasteiger partial charge < -0.3 is 10.1 Å². The number of aryl methyl sites for hydroxylation is 1. The van der Waals surface area contributed by atoms with Gasteiger partial charge in [0.2, 0.25) is 5.91 Å². The first-order valence-corrected chi connectivity index (χ1v) is 8.12. The molecule has 0 aliphatic heterocycles. The highest BCUT2D eigenvalue weighted by Gasteiger charge is 2.15. The van der Waals surface area contributed by atoms with Crippen LogP contribution in [0.25, 0.3) is 11.0 Å². The Bertz CT molecular complexity index is 1070. The fourth-order valence-corrected chi connectivity index (χ4v) is 2.88. The van der Waals surface area contributed by atoms with Crippen LogP contribution in [0.5, 0.6) is 0 Å². The van der Waals surface area contributed by atoms with Crippen molar-refractivity contribution in [3.05, 3.63) is 63.5 Å². The lowest BCUT2D eigenvalue weighted by molar-refractivity contribution is -0.116. The molecule has 1 amide bonds. The molecule has 134 valence electrons. The summed E-state index contributed by atoms with van der Waals surface area (Å²) in [4.78, 5) is 36.4. The van der Waals surface area contributed by atoms with Crippen LogP contribution in [0, 0.1) is 0 Å². The molecule has 1 aromatic heterocycles. The van der Waals surface area contributed by atoms with Crippen LogP contribution in [0.3, 0.4) is 0 Å². The summed E-state index contributed by atoms with van der Waals surface area (Å²) in [5.41, 5.74) is 1.62. The van der Waals surface area contributed by atoms with Crippen molar-refractivity contribution in [2.75, 3.05) is 12.4 Å². The number of rotatable bonds is 4. The molecule has 8 heteroatoms. The molecule has 7 nitrogen and oxygen atoms in total. The third-order valence-corrected chi connectivity index (χ3v) is 4.34. The first-order chi connectivity index (χ1) is 12.4. The molecule has 0 radical (unpaired) electrons. The Morgan fingerprint density at radius 2 is 1.85 bits per heavy atom. The average molecular weight is 374 g/mol. The van der Waals surface area contributed by atoms with E-state index < -0.39 is 11.9 Å². The predicted molar refractivity (Wildman–Crippen MR) is 98.6 cm³/mol.